The molecule has 0 unspecified atom stereocenters. The van der Waals surface area contributed by atoms with Gasteiger partial charge in [0.25, 0.3) is 0 Å². The number of benzene rings is 2. The second kappa shape index (κ2) is 7.69. The van der Waals surface area contributed by atoms with E-state index in [9.17, 15) is 9.59 Å². The largest absolute Gasteiger partial charge is 0.323 e. The third-order valence-electron chi connectivity index (χ3n) is 4.38. The van der Waals surface area contributed by atoms with Crippen LogP contribution in [0.5, 0.6) is 0 Å². The van der Waals surface area contributed by atoms with Crippen molar-refractivity contribution in [3.05, 3.63) is 65.9 Å². The van der Waals surface area contributed by atoms with Gasteiger partial charge in [-0.05, 0) is 43.3 Å². The number of fused-ring (bicyclic) bond motifs is 1. The number of carbonyl (C=O) groups is 2. The predicted octanol–water partition coefficient (Wildman–Crippen LogP) is 3.99. The van der Waals surface area contributed by atoms with Crippen molar-refractivity contribution >= 4 is 46.6 Å². The number of anilines is 2. The molecule has 0 saturated carbocycles. The Bertz CT molecular complexity index is 1030. The molecule has 8 heteroatoms. The highest BCUT2D eigenvalue weighted by Gasteiger charge is 2.30. The van der Waals surface area contributed by atoms with E-state index in [1.807, 2.05) is 60.2 Å². The van der Waals surface area contributed by atoms with E-state index in [1.165, 1.54) is 16.7 Å². The molecule has 2 aromatic carbocycles. The second-order valence-corrected chi connectivity index (χ2v) is 8.05. The summed E-state index contributed by atoms with van der Waals surface area (Å²) in [5.74, 6) is -0.343. The molecule has 3 aromatic rings. The number of halogens is 1. The zero-order valence-electron chi connectivity index (χ0n) is 15.0. The van der Waals surface area contributed by atoms with Crippen LogP contribution in [-0.2, 0) is 9.59 Å². The Morgan fingerprint density at radius 2 is 1.96 bits per heavy atom. The van der Waals surface area contributed by atoms with Crippen molar-refractivity contribution in [1.29, 1.82) is 0 Å². The fraction of sp³-hybridized carbons (Fsp3) is 0.150. The van der Waals surface area contributed by atoms with Gasteiger partial charge >= 0.3 is 0 Å². The third-order valence-corrected chi connectivity index (χ3v) is 5.70. The molecule has 0 aliphatic carbocycles. The van der Waals surface area contributed by atoms with Crippen LogP contribution in [0.4, 0.5) is 11.4 Å². The van der Waals surface area contributed by atoms with Crippen molar-refractivity contribution in [2.75, 3.05) is 16.8 Å². The molecule has 0 bridgehead atoms. The first-order valence-electron chi connectivity index (χ1n) is 8.69. The lowest BCUT2D eigenvalue weighted by Gasteiger charge is -2.30. The van der Waals surface area contributed by atoms with Crippen molar-refractivity contribution in [2.24, 2.45) is 0 Å². The lowest BCUT2D eigenvalue weighted by molar-refractivity contribution is -0.121. The summed E-state index contributed by atoms with van der Waals surface area (Å²) in [7, 11) is 0. The number of carbonyl (C=O) groups excluding carboxylic acids is 2. The summed E-state index contributed by atoms with van der Waals surface area (Å²) in [5, 5.41) is 3.72. The van der Waals surface area contributed by atoms with Crippen molar-refractivity contribution in [3.8, 4) is 5.69 Å². The highest BCUT2D eigenvalue weighted by atomic mass is 35.5. The number of hydrogen-bond acceptors (Lipinski definition) is 4. The normalized spacial score (nSPS) is 14.4. The van der Waals surface area contributed by atoms with Crippen LogP contribution in [0.3, 0.4) is 0 Å². The van der Waals surface area contributed by atoms with Crippen LogP contribution >= 0.6 is 23.4 Å². The minimum Gasteiger partial charge on any atom is -0.323 e. The maximum Gasteiger partial charge on any atom is 0.244 e. The summed E-state index contributed by atoms with van der Waals surface area (Å²) in [4.78, 5) is 31.0. The van der Waals surface area contributed by atoms with Gasteiger partial charge in [0, 0.05) is 23.1 Å². The molecule has 4 rings (SSSR count). The van der Waals surface area contributed by atoms with E-state index in [4.69, 9.17) is 11.6 Å². The van der Waals surface area contributed by atoms with E-state index < -0.39 is 5.25 Å². The van der Waals surface area contributed by atoms with Crippen molar-refractivity contribution in [2.45, 2.75) is 17.3 Å². The maximum absolute atomic E-state index is 13.1. The summed E-state index contributed by atoms with van der Waals surface area (Å²) in [6, 6.07) is 14.7. The Morgan fingerprint density at radius 1 is 1.21 bits per heavy atom. The Morgan fingerprint density at radius 3 is 2.75 bits per heavy atom. The van der Waals surface area contributed by atoms with E-state index in [0.717, 1.165) is 5.69 Å². The topological polar surface area (TPSA) is 67.2 Å². The molecule has 1 N–H and O–H groups in total. The second-order valence-electron chi connectivity index (χ2n) is 6.31. The molecule has 2 amide bonds. The molecule has 0 radical (unpaired) electrons. The van der Waals surface area contributed by atoms with Gasteiger partial charge in [-0.15, -0.1) is 0 Å². The number of nitrogens with zero attached hydrogens (tertiary/aromatic N) is 3. The number of rotatable bonds is 4. The molecule has 1 aromatic heterocycles. The zero-order valence-corrected chi connectivity index (χ0v) is 16.6. The first kappa shape index (κ1) is 18.6. The molecule has 0 spiro atoms. The third kappa shape index (κ3) is 3.63. The summed E-state index contributed by atoms with van der Waals surface area (Å²) in [5.41, 5.74) is 2.26. The predicted molar refractivity (Wildman–Crippen MR) is 111 cm³/mol. The Balaban J connectivity index is 1.56. The smallest absolute Gasteiger partial charge is 0.244 e. The van der Waals surface area contributed by atoms with Gasteiger partial charge in [-0.2, -0.15) is 0 Å². The van der Waals surface area contributed by atoms with E-state index in [1.54, 1.807) is 12.3 Å². The number of thioether (sulfide) groups is 1. The number of imidazole rings is 1. The standard InChI is InChI=1S/C20H17ClN4O2S/c1-13(19(27)25-12-18(26)23-16-4-2-3-5-17(16)25)28-20-22-10-11-24(20)15-8-6-14(21)7-9-15/h2-11,13H,12H2,1H3,(H,23,26)/t13-/m0/s1. The van der Waals surface area contributed by atoms with E-state index in [2.05, 4.69) is 10.3 Å². The van der Waals surface area contributed by atoms with E-state index in [0.29, 0.717) is 21.6 Å². The lowest BCUT2D eigenvalue weighted by atomic mass is 10.2. The molecule has 28 heavy (non-hydrogen) atoms. The molecule has 0 saturated heterocycles. The first-order chi connectivity index (χ1) is 13.5. The van der Waals surface area contributed by atoms with Gasteiger partial charge in [0.15, 0.2) is 5.16 Å². The summed E-state index contributed by atoms with van der Waals surface area (Å²) >= 11 is 7.31. The van der Waals surface area contributed by atoms with Crippen molar-refractivity contribution < 1.29 is 9.59 Å². The number of amides is 2. The molecule has 1 atom stereocenters. The highest BCUT2D eigenvalue weighted by Crippen LogP contribution is 2.32. The van der Waals surface area contributed by atoms with Gasteiger partial charge in [0.1, 0.15) is 6.54 Å². The number of aromatic nitrogens is 2. The Hall–Kier alpha value is -2.77. The monoisotopic (exact) mass is 412 g/mol. The van der Waals surface area contributed by atoms with Gasteiger partial charge in [0.2, 0.25) is 11.8 Å². The minimum atomic E-state index is -0.424. The zero-order chi connectivity index (χ0) is 19.7. The van der Waals surface area contributed by atoms with Crippen LogP contribution in [0.15, 0.2) is 66.1 Å². The minimum absolute atomic E-state index is 0.00632. The quantitative estimate of drug-likeness (QED) is 0.658. The molecular formula is C20H17ClN4O2S. The Kier molecular flexibility index (Phi) is 5.11. The molecule has 0 fully saturated rings. The van der Waals surface area contributed by atoms with Gasteiger partial charge in [-0.1, -0.05) is 35.5 Å². The fourth-order valence-corrected chi connectivity index (χ4v) is 4.10. The number of para-hydroxylation sites is 2. The molecule has 1 aliphatic rings. The molecular weight excluding hydrogens is 396 g/mol. The molecule has 142 valence electrons. The van der Waals surface area contributed by atoms with Crippen LogP contribution in [0.1, 0.15) is 6.92 Å². The first-order valence-corrected chi connectivity index (χ1v) is 9.95. The van der Waals surface area contributed by atoms with Crippen LogP contribution in [0.2, 0.25) is 5.02 Å². The van der Waals surface area contributed by atoms with Crippen molar-refractivity contribution in [3.63, 3.8) is 0 Å². The fourth-order valence-electron chi connectivity index (χ4n) is 3.03. The maximum atomic E-state index is 13.1. The number of nitrogens with one attached hydrogen (secondary N) is 1. The lowest BCUT2D eigenvalue weighted by Crippen LogP contribution is -2.45. The average molecular weight is 413 g/mol. The SMILES string of the molecule is C[C@H](Sc1nccn1-c1ccc(Cl)cc1)C(=O)N1CC(=O)Nc2ccccc21. The van der Waals surface area contributed by atoms with E-state index in [-0.39, 0.29) is 18.4 Å². The van der Waals surface area contributed by atoms with Crippen LogP contribution in [-0.4, -0.2) is 33.2 Å². The molecule has 1 aliphatic heterocycles. The summed E-state index contributed by atoms with van der Waals surface area (Å²) < 4.78 is 1.90. The van der Waals surface area contributed by atoms with Gasteiger partial charge in [0.05, 0.1) is 16.6 Å². The van der Waals surface area contributed by atoms with Gasteiger partial charge in [-0.25, -0.2) is 4.98 Å². The molecule has 6 nitrogen and oxygen atoms in total. The van der Waals surface area contributed by atoms with Crippen molar-refractivity contribution in [1.82, 2.24) is 9.55 Å². The van der Waals surface area contributed by atoms with Crippen LogP contribution in [0.25, 0.3) is 5.69 Å². The average Bonchev–Trinajstić information content (AvgIpc) is 3.15. The Labute approximate surface area is 171 Å². The van der Waals surface area contributed by atoms with Crippen LogP contribution < -0.4 is 10.2 Å². The number of hydrogen-bond donors (Lipinski definition) is 1. The van der Waals surface area contributed by atoms with Gasteiger partial charge < -0.3 is 5.32 Å². The van der Waals surface area contributed by atoms with E-state index >= 15 is 0 Å². The van der Waals surface area contributed by atoms with Gasteiger partial charge in [-0.3, -0.25) is 19.1 Å². The van der Waals surface area contributed by atoms with Crippen LogP contribution in [0, 0.1) is 0 Å². The molecule has 2 heterocycles. The summed E-state index contributed by atoms with van der Waals surface area (Å²) in [6.07, 6.45) is 3.53. The highest BCUT2D eigenvalue weighted by molar-refractivity contribution is 8.00. The summed E-state index contributed by atoms with van der Waals surface area (Å²) in [6.45, 7) is 1.83.